The SMILES string of the molecule is CCN(c1ccccc1)C(CN)c1ccc(OC)nc1. The Bertz CT molecular complexity index is 513. The summed E-state index contributed by atoms with van der Waals surface area (Å²) in [5, 5.41) is 0. The van der Waals surface area contributed by atoms with E-state index in [-0.39, 0.29) is 6.04 Å². The van der Waals surface area contributed by atoms with Crippen LogP contribution in [0, 0.1) is 0 Å². The maximum absolute atomic E-state index is 5.99. The fraction of sp³-hybridized carbons (Fsp3) is 0.312. The molecule has 0 amide bonds. The van der Waals surface area contributed by atoms with Crippen LogP contribution in [0.5, 0.6) is 5.88 Å². The van der Waals surface area contributed by atoms with Crippen LogP contribution in [0.25, 0.3) is 0 Å². The van der Waals surface area contributed by atoms with Gasteiger partial charge in [-0.3, -0.25) is 0 Å². The molecule has 0 radical (unpaired) electrons. The molecule has 0 saturated heterocycles. The first-order valence-corrected chi connectivity index (χ1v) is 6.81. The molecule has 2 N–H and O–H groups in total. The second-order valence-corrected chi connectivity index (χ2v) is 4.51. The van der Waals surface area contributed by atoms with Gasteiger partial charge in [-0.15, -0.1) is 0 Å². The summed E-state index contributed by atoms with van der Waals surface area (Å²) >= 11 is 0. The third kappa shape index (κ3) is 3.08. The number of nitrogens with two attached hydrogens (primary N) is 1. The summed E-state index contributed by atoms with van der Waals surface area (Å²) in [6.45, 7) is 3.56. The zero-order chi connectivity index (χ0) is 14.4. The average molecular weight is 271 g/mol. The number of para-hydroxylation sites is 1. The Hall–Kier alpha value is -2.07. The van der Waals surface area contributed by atoms with Gasteiger partial charge in [0.25, 0.3) is 0 Å². The third-order valence-electron chi connectivity index (χ3n) is 3.38. The van der Waals surface area contributed by atoms with Crippen molar-refractivity contribution in [2.24, 2.45) is 5.73 Å². The van der Waals surface area contributed by atoms with E-state index in [0.717, 1.165) is 12.1 Å². The molecule has 106 valence electrons. The van der Waals surface area contributed by atoms with Crippen LogP contribution in [0.4, 0.5) is 5.69 Å². The summed E-state index contributed by atoms with van der Waals surface area (Å²) in [5.41, 5.74) is 8.25. The van der Waals surface area contributed by atoms with Crippen molar-refractivity contribution in [1.29, 1.82) is 0 Å². The molecule has 1 aromatic carbocycles. The normalized spacial score (nSPS) is 11.9. The quantitative estimate of drug-likeness (QED) is 0.877. The third-order valence-corrected chi connectivity index (χ3v) is 3.38. The van der Waals surface area contributed by atoms with E-state index < -0.39 is 0 Å². The molecule has 0 aliphatic heterocycles. The number of hydrogen-bond donors (Lipinski definition) is 1. The predicted molar refractivity (Wildman–Crippen MR) is 82.0 cm³/mol. The van der Waals surface area contributed by atoms with Gasteiger partial charge >= 0.3 is 0 Å². The first kappa shape index (κ1) is 14.3. The summed E-state index contributed by atoms with van der Waals surface area (Å²) in [4.78, 5) is 6.55. The standard InChI is InChI=1S/C16H21N3O/c1-3-19(14-7-5-4-6-8-14)15(11-17)13-9-10-16(20-2)18-12-13/h4-10,12,15H,3,11,17H2,1-2H3. The molecule has 0 spiro atoms. The fourth-order valence-electron chi connectivity index (χ4n) is 2.36. The van der Waals surface area contributed by atoms with Crippen LogP contribution >= 0.6 is 0 Å². The lowest BCUT2D eigenvalue weighted by atomic mass is 10.1. The van der Waals surface area contributed by atoms with Gasteiger partial charge in [0.1, 0.15) is 0 Å². The van der Waals surface area contributed by atoms with E-state index in [9.17, 15) is 0 Å². The number of pyridine rings is 1. The zero-order valence-electron chi connectivity index (χ0n) is 12.0. The summed E-state index contributed by atoms with van der Waals surface area (Å²) in [5.74, 6) is 0.618. The Labute approximate surface area is 120 Å². The Kier molecular flexibility index (Phi) is 4.96. The lowest BCUT2D eigenvalue weighted by molar-refractivity contribution is 0.397. The average Bonchev–Trinajstić information content (AvgIpc) is 2.53. The lowest BCUT2D eigenvalue weighted by Gasteiger charge is -2.32. The Morgan fingerprint density at radius 3 is 2.45 bits per heavy atom. The molecule has 4 heteroatoms. The van der Waals surface area contributed by atoms with Crippen LogP contribution in [-0.2, 0) is 0 Å². The van der Waals surface area contributed by atoms with Gasteiger partial charge in [0.15, 0.2) is 0 Å². The maximum atomic E-state index is 5.99. The number of anilines is 1. The molecule has 0 saturated carbocycles. The fourth-order valence-corrected chi connectivity index (χ4v) is 2.36. The van der Waals surface area contributed by atoms with Crippen molar-refractivity contribution in [3.05, 3.63) is 54.2 Å². The number of rotatable bonds is 6. The summed E-state index contributed by atoms with van der Waals surface area (Å²) in [6, 6.07) is 14.3. The first-order valence-electron chi connectivity index (χ1n) is 6.81. The second-order valence-electron chi connectivity index (χ2n) is 4.51. The number of hydrogen-bond acceptors (Lipinski definition) is 4. The van der Waals surface area contributed by atoms with Crippen molar-refractivity contribution >= 4 is 5.69 Å². The lowest BCUT2D eigenvalue weighted by Crippen LogP contribution is -2.33. The van der Waals surface area contributed by atoms with Crippen molar-refractivity contribution in [3.63, 3.8) is 0 Å². The first-order chi connectivity index (χ1) is 9.80. The number of ether oxygens (including phenoxy) is 1. The molecule has 1 atom stereocenters. The molecule has 0 aliphatic rings. The molecule has 1 heterocycles. The number of benzene rings is 1. The molecule has 0 fully saturated rings. The van der Waals surface area contributed by atoms with Crippen LogP contribution in [-0.4, -0.2) is 25.2 Å². The molecule has 2 rings (SSSR count). The predicted octanol–water partition coefficient (Wildman–Crippen LogP) is 2.62. The topological polar surface area (TPSA) is 51.4 Å². The van der Waals surface area contributed by atoms with Crippen molar-refractivity contribution in [1.82, 2.24) is 4.98 Å². The number of likely N-dealkylation sites (N-methyl/N-ethyl adjacent to an activating group) is 1. The van der Waals surface area contributed by atoms with Gasteiger partial charge in [-0.1, -0.05) is 24.3 Å². The van der Waals surface area contributed by atoms with Crippen molar-refractivity contribution in [3.8, 4) is 5.88 Å². The summed E-state index contributed by atoms with van der Waals surface area (Å²) in [7, 11) is 1.62. The van der Waals surface area contributed by atoms with Crippen LogP contribution < -0.4 is 15.4 Å². The highest BCUT2D eigenvalue weighted by Crippen LogP contribution is 2.26. The highest BCUT2D eigenvalue weighted by Gasteiger charge is 2.18. The Morgan fingerprint density at radius 2 is 1.95 bits per heavy atom. The minimum absolute atomic E-state index is 0.112. The molecular weight excluding hydrogens is 250 g/mol. The molecule has 2 aromatic rings. The van der Waals surface area contributed by atoms with Crippen LogP contribution in [0.15, 0.2) is 48.7 Å². The largest absolute Gasteiger partial charge is 0.481 e. The summed E-state index contributed by atoms with van der Waals surface area (Å²) in [6.07, 6.45) is 1.84. The van der Waals surface area contributed by atoms with E-state index in [4.69, 9.17) is 10.5 Å². The van der Waals surface area contributed by atoms with E-state index in [1.54, 1.807) is 7.11 Å². The van der Waals surface area contributed by atoms with Gasteiger partial charge in [-0.2, -0.15) is 0 Å². The smallest absolute Gasteiger partial charge is 0.212 e. The molecule has 0 bridgehead atoms. The van der Waals surface area contributed by atoms with Gasteiger partial charge < -0.3 is 15.4 Å². The van der Waals surface area contributed by atoms with E-state index in [1.165, 1.54) is 5.69 Å². The van der Waals surface area contributed by atoms with Crippen molar-refractivity contribution < 1.29 is 4.74 Å². The van der Waals surface area contributed by atoms with Gasteiger partial charge in [-0.05, 0) is 24.6 Å². The highest BCUT2D eigenvalue weighted by molar-refractivity contribution is 5.48. The second kappa shape index (κ2) is 6.91. The van der Waals surface area contributed by atoms with Crippen LogP contribution in [0.2, 0.25) is 0 Å². The van der Waals surface area contributed by atoms with Crippen molar-refractivity contribution in [2.75, 3.05) is 25.1 Å². The summed E-state index contributed by atoms with van der Waals surface area (Å²) < 4.78 is 5.10. The van der Waals surface area contributed by atoms with Crippen molar-refractivity contribution in [2.45, 2.75) is 13.0 Å². The maximum Gasteiger partial charge on any atom is 0.212 e. The van der Waals surface area contributed by atoms with Crippen LogP contribution in [0.3, 0.4) is 0 Å². The molecule has 4 nitrogen and oxygen atoms in total. The van der Waals surface area contributed by atoms with E-state index >= 15 is 0 Å². The molecular formula is C16H21N3O. The zero-order valence-corrected chi connectivity index (χ0v) is 12.0. The van der Waals surface area contributed by atoms with Crippen LogP contribution in [0.1, 0.15) is 18.5 Å². The van der Waals surface area contributed by atoms with E-state index in [1.807, 2.05) is 36.5 Å². The van der Waals surface area contributed by atoms with Gasteiger partial charge in [-0.25, -0.2) is 4.98 Å². The van der Waals surface area contributed by atoms with E-state index in [2.05, 4.69) is 28.9 Å². The van der Waals surface area contributed by atoms with E-state index in [0.29, 0.717) is 12.4 Å². The van der Waals surface area contributed by atoms with Gasteiger partial charge in [0.2, 0.25) is 5.88 Å². The molecule has 20 heavy (non-hydrogen) atoms. The number of methoxy groups -OCH3 is 1. The molecule has 0 aliphatic carbocycles. The highest BCUT2D eigenvalue weighted by atomic mass is 16.5. The Morgan fingerprint density at radius 1 is 1.20 bits per heavy atom. The van der Waals surface area contributed by atoms with Gasteiger partial charge in [0.05, 0.1) is 13.2 Å². The monoisotopic (exact) mass is 271 g/mol. The molecule has 1 unspecified atom stereocenters. The molecule has 1 aromatic heterocycles. The number of aromatic nitrogens is 1. The minimum Gasteiger partial charge on any atom is -0.481 e. The van der Waals surface area contributed by atoms with Gasteiger partial charge in [0, 0.05) is 31.0 Å². The minimum atomic E-state index is 0.112. The number of nitrogens with zero attached hydrogens (tertiary/aromatic N) is 2. The Balaban J connectivity index is 2.29.